The van der Waals surface area contributed by atoms with Gasteiger partial charge in [-0.3, -0.25) is 0 Å². The molecule has 2 heterocycles. The van der Waals surface area contributed by atoms with Crippen molar-refractivity contribution in [2.75, 3.05) is 4.90 Å². The molecule has 3 nitrogen and oxygen atoms in total. The highest BCUT2D eigenvalue weighted by Gasteiger charge is 2.28. The minimum absolute atomic E-state index is 0.341. The molecule has 0 amide bonds. The Balaban J connectivity index is 1.65. The number of rotatable bonds is 3. The number of para-hydroxylation sites is 2. The Kier molecular flexibility index (Phi) is 4.31. The van der Waals surface area contributed by atoms with Gasteiger partial charge in [-0.25, -0.2) is 4.98 Å². The summed E-state index contributed by atoms with van der Waals surface area (Å²) >= 11 is 0. The smallest absolute Gasteiger partial charge is 0.102 e. The summed E-state index contributed by atoms with van der Waals surface area (Å²) in [6.45, 7) is 0.743. The predicted octanol–water partition coefficient (Wildman–Crippen LogP) is 5.90. The van der Waals surface area contributed by atoms with Crippen LogP contribution in [0.2, 0.25) is 0 Å². The highest BCUT2D eigenvalue weighted by Crippen LogP contribution is 2.42. The summed E-state index contributed by atoms with van der Waals surface area (Å²) in [6, 6.07) is 33.2. The number of aromatic nitrogens is 1. The van der Waals surface area contributed by atoms with Crippen LogP contribution < -0.4 is 4.90 Å². The van der Waals surface area contributed by atoms with Crippen LogP contribution in [-0.2, 0) is 6.54 Å². The lowest BCUT2D eigenvalue weighted by Crippen LogP contribution is -2.23. The Hall–Kier alpha value is -3.90. The van der Waals surface area contributed by atoms with Crippen molar-refractivity contribution in [3.05, 3.63) is 114 Å². The zero-order valence-corrected chi connectivity index (χ0v) is 15.9. The van der Waals surface area contributed by atoms with E-state index in [9.17, 15) is 5.26 Å². The van der Waals surface area contributed by atoms with E-state index in [-0.39, 0.29) is 5.92 Å². The Morgan fingerprint density at radius 3 is 2.45 bits per heavy atom. The van der Waals surface area contributed by atoms with Crippen LogP contribution in [0.4, 0.5) is 5.69 Å². The summed E-state index contributed by atoms with van der Waals surface area (Å²) in [6.07, 6.45) is 2.10. The third-order valence-electron chi connectivity index (χ3n) is 5.38. The summed E-state index contributed by atoms with van der Waals surface area (Å²) in [5.41, 5.74) is 6.05. The quantitative estimate of drug-likeness (QED) is 0.449. The summed E-state index contributed by atoms with van der Waals surface area (Å²) in [7, 11) is 0. The first-order valence-corrected chi connectivity index (χ1v) is 9.70. The Morgan fingerprint density at radius 1 is 0.828 bits per heavy atom. The van der Waals surface area contributed by atoms with Crippen LogP contribution in [0.25, 0.3) is 16.5 Å². The number of anilines is 1. The van der Waals surface area contributed by atoms with Gasteiger partial charge in [0.05, 0.1) is 17.3 Å². The second-order valence-corrected chi connectivity index (χ2v) is 7.21. The van der Waals surface area contributed by atoms with Gasteiger partial charge in [0.15, 0.2) is 0 Å². The number of fused-ring (bicyclic) bond motifs is 2. The van der Waals surface area contributed by atoms with Crippen LogP contribution in [-0.4, -0.2) is 4.98 Å². The Morgan fingerprint density at radius 2 is 1.59 bits per heavy atom. The number of hydrogen-bond acceptors (Lipinski definition) is 3. The maximum atomic E-state index is 10.0. The molecule has 0 saturated carbocycles. The fourth-order valence-corrected chi connectivity index (χ4v) is 3.96. The zero-order chi connectivity index (χ0) is 19.6. The molecule has 0 spiro atoms. The molecule has 4 aromatic rings. The van der Waals surface area contributed by atoms with Crippen LogP contribution in [0.3, 0.4) is 0 Å². The van der Waals surface area contributed by atoms with Crippen LogP contribution in [0.5, 0.6) is 0 Å². The molecule has 1 aliphatic heterocycles. The first-order valence-electron chi connectivity index (χ1n) is 9.70. The van der Waals surface area contributed by atoms with E-state index in [0.29, 0.717) is 0 Å². The topological polar surface area (TPSA) is 39.9 Å². The van der Waals surface area contributed by atoms with Crippen LogP contribution in [0.15, 0.2) is 97.2 Å². The minimum Gasteiger partial charge on any atom is -0.343 e. The lowest BCUT2D eigenvalue weighted by Gasteiger charge is -2.32. The van der Waals surface area contributed by atoms with Crippen molar-refractivity contribution in [2.24, 2.45) is 0 Å². The zero-order valence-electron chi connectivity index (χ0n) is 15.9. The average Bonchev–Trinajstić information content (AvgIpc) is 2.79. The number of allylic oxidation sites excluding steroid dienone is 1. The number of benzene rings is 3. The molecule has 5 rings (SSSR count). The lowest BCUT2D eigenvalue weighted by molar-refractivity contribution is 0.916. The van der Waals surface area contributed by atoms with Gasteiger partial charge in [-0.15, -0.1) is 0 Å². The number of nitrogens with zero attached hydrogens (tertiary/aromatic N) is 3. The van der Waals surface area contributed by atoms with Gasteiger partial charge >= 0.3 is 0 Å². The lowest BCUT2D eigenvalue weighted by atomic mass is 9.86. The van der Waals surface area contributed by atoms with E-state index in [1.165, 1.54) is 5.56 Å². The van der Waals surface area contributed by atoms with E-state index < -0.39 is 0 Å². The average molecular weight is 373 g/mol. The highest BCUT2D eigenvalue weighted by atomic mass is 15.1. The van der Waals surface area contributed by atoms with Gasteiger partial charge in [-0.05, 0) is 29.3 Å². The molecule has 3 aromatic carbocycles. The third kappa shape index (κ3) is 3.15. The molecule has 3 heteroatoms. The third-order valence-corrected chi connectivity index (χ3v) is 5.38. The van der Waals surface area contributed by atoms with Gasteiger partial charge in [0, 0.05) is 29.4 Å². The molecule has 0 saturated heterocycles. The van der Waals surface area contributed by atoms with Crippen molar-refractivity contribution >= 4 is 22.2 Å². The Labute approximate surface area is 170 Å². The molecule has 0 bridgehead atoms. The maximum absolute atomic E-state index is 10.0. The van der Waals surface area contributed by atoms with E-state index in [2.05, 4.69) is 65.7 Å². The predicted molar refractivity (Wildman–Crippen MR) is 117 cm³/mol. The van der Waals surface area contributed by atoms with E-state index in [0.717, 1.165) is 40.0 Å². The first-order chi connectivity index (χ1) is 14.3. The molecular weight excluding hydrogens is 354 g/mol. The molecule has 0 fully saturated rings. The summed E-state index contributed by atoms with van der Waals surface area (Å²) < 4.78 is 0. The van der Waals surface area contributed by atoms with Gasteiger partial charge in [-0.2, -0.15) is 5.26 Å². The SMILES string of the molecule is N#C[C@H]1C(c2ccc3ccccc3n2)=CN(Cc2ccccc2)c2ccccc21. The second kappa shape index (κ2) is 7.26. The van der Waals surface area contributed by atoms with Crippen molar-refractivity contribution in [1.29, 1.82) is 5.26 Å². The fourth-order valence-electron chi connectivity index (χ4n) is 3.96. The minimum atomic E-state index is -0.341. The van der Waals surface area contributed by atoms with E-state index >= 15 is 0 Å². The van der Waals surface area contributed by atoms with Gasteiger partial charge in [0.1, 0.15) is 5.92 Å². The summed E-state index contributed by atoms with van der Waals surface area (Å²) in [5.74, 6) is -0.341. The van der Waals surface area contributed by atoms with Gasteiger partial charge in [0.2, 0.25) is 0 Å². The molecular formula is C26H19N3. The van der Waals surface area contributed by atoms with Crippen molar-refractivity contribution < 1.29 is 0 Å². The molecule has 1 atom stereocenters. The largest absolute Gasteiger partial charge is 0.343 e. The Bertz CT molecular complexity index is 1250. The van der Waals surface area contributed by atoms with Gasteiger partial charge in [0.25, 0.3) is 0 Å². The molecule has 138 valence electrons. The first kappa shape index (κ1) is 17.2. The maximum Gasteiger partial charge on any atom is 0.102 e. The monoisotopic (exact) mass is 373 g/mol. The van der Waals surface area contributed by atoms with Gasteiger partial charge < -0.3 is 4.90 Å². The molecule has 0 radical (unpaired) electrons. The van der Waals surface area contributed by atoms with Crippen molar-refractivity contribution in [3.63, 3.8) is 0 Å². The summed E-state index contributed by atoms with van der Waals surface area (Å²) in [5, 5.41) is 11.1. The second-order valence-electron chi connectivity index (χ2n) is 7.21. The highest BCUT2D eigenvalue weighted by molar-refractivity contribution is 5.85. The molecule has 29 heavy (non-hydrogen) atoms. The normalized spacial score (nSPS) is 15.5. The fraction of sp³-hybridized carbons (Fsp3) is 0.0769. The van der Waals surface area contributed by atoms with Crippen molar-refractivity contribution in [1.82, 2.24) is 4.98 Å². The van der Waals surface area contributed by atoms with Crippen molar-refractivity contribution in [2.45, 2.75) is 12.5 Å². The van der Waals surface area contributed by atoms with Crippen LogP contribution in [0.1, 0.15) is 22.7 Å². The van der Waals surface area contributed by atoms with Gasteiger partial charge in [-0.1, -0.05) is 72.8 Å². The van der Waals surface area contributed by atoms with E-state index in [4.69, 9.17) is 4.98 Å². The van der Waals surface area contributed by atoms with Crippen LogP contribution in [0, 0.1) is 11.3 Å². The standard InChI is InChI=1S/C26H19N3/c27-16-22-21-11-5-7-13-26(21)29(17-19-8-2-1-3-9-19)18-23(22)25-15-14-20-10-4-6-12-24(20)28-25/h1-15,18,22H,17H2/t22-/m1/s1. The molecule has 0 aliphatic carbocycles. The molecule has 1 aromatic heterocycles. The molecule has 1 aliphatic rings. The molecule has 0 unspecified atom stereocenters. The van der Waals surface area contributed by atoms with E-state index in [1.807, 2.05) is 42.5 Å². The van der Waals surface area contributed by atoms with E-state index in [1.54, 1.807) is 0 Å². The number of hydrogen-bond donors (Lipinski definition) is 0. The van der Waals surface area contributed by atoms with Crippen molar-refractivity contribution in [3.8, 4) is 6.07 Å². The number of pyridine rings is 1. The summed E-state index contributed by atoms with van der Waals surface area (Å²) in [4.78, 5) is 7.09. The van der Waals surface area contributed by atoms with Crippen LogP contribution >= 0.6 is 0 Å². The molecule has 0 N–H and O–H groups in total. The number of nitriles is 1.